The number of para-hydroxylation sites is 1. The average molecular weight is 549 g/mol. The van der Waals surface area contributed by atoms with Gasteiger partial charge in [-0.25, -0.2) is 4.79 Å². The monoisotopic (exact) mass is 548 g/mol. The van der Waals surface area contributed by atoms with Gasteiger partial charge in [0.05, 0.1) is 37.3 Å². The van der Waals surface area contributed by atoms with E-state index >= 15 is 0 Å². The molecule has 3 amide bonds. The second-order valence-electron chi connectivity index (χ2n) is 9.20. The number of esters is 1. The molecule has 2 N–H and O–H groups in total. The number of aromatic nitrogens is 1. The molecule has 0 aliphatic carbocycles. The third-order valence-electron chi connectivity index (χ3n) is 6.68. The van der Waals surface area contributed by atoms with Crippen molar-refractivity contribution in [1.82, 2.24) is 14.8 Å². The van der Waals surface area contributed by atoms with Gasteiger partial charge in [-0.15, -0.1) is 0 Å². The standard InChI is InChI=1S/C29H32N4O7/c1-3-39-29(37)33-15-13-32(14-16-33)28(36)21(17-23(34)40-18-19-9-5-4-6-10-19)25-24(27(30)35)26(38-2)20-11-7-8-12-22(20)31-25/h4-12,21H,3,13-18H2,1-2H3,(H2,30,35). The number of pyridine rings is 1. The lowest BCUT2D eigenvalue weighted by Crippen LogP contribution is -2.52. The minimum atomic E-state index is -1.18. The molecular formula is C29H32N4O7. The van der Waals surface area contributed by atoms with E-state index in [2.05, 4.69) is 4.98 Å². The van der Waals surface area contributed by atoms with Crippen molar-refractivity contribution in [2.45, 2.75) is 25.9 Å². The van der Waals surface area contributed by atoms with Crippen molar-refractivity contribution in [3.8, 4) is 5.75 Å². The molecule has 11 heteroatoms. The molecule has 2 aromatic carbocycles. The summed E-state index contributed by atoms with van der Waals surface area (Å²) < 4.78 is 16.1. The number of amides is 3. The zero-order valence-electron chi connectivity index (χ0n) is 22.5. The first kappa shape index (κ1) is 28.3. The number of carbonyl (C=O) groups is 4. The number of primary amides is 1. The fourth-order valence-corrected chi connectivity index (χ4v) is 4.71. The lowest BCUT2D eigenvalue weighted by atomic mass is 9.92. The molecule has 1 aromatic heterocycles. The Morgan fingerprint density at radius 3 is 2.23 bits per heavy atom. The Morgan fingerprint density at radius 1 is 0.925 bits per heavy atom. The molecule has 0 saturated carbocycles. The summed E-state index contributed by atoms with van der Waals surface area (Å²) in [6.07, 6.45) is -0.828. The van der Waals surface area contributed by atoms with Crippen LogP contribution in [0, 0.1) is 0 Å². The number of nitrogens with two attached hydrogens (primary N) is 1. The Bertz CT molecular complexity index is 1390. The van der Waals surface area contributed by atoms with Crippen molar-refractivity contribution in [3.05, 3.63) is 71.4 Å². The van der Waals surface area contributed by atoms with Crippen molar-refractivity contribution < 1.29 is 33.4 Å². The van der Waals surface area contributed by atoms with Gasteiger partial charge in [0, 0.05) is 31.6 Å². The van der Waals surface area contributed by atoms with E-state index in [-0.39, 0.29) is 62.8 Å². The van der Waals surface area contributed by atoms with Crippen LogP contribution in [0.15, 0.2) is 54.6 Å². The van der Waals surface area contributed by atoms with Crippen LogP contribution in [0.2, 0.25) is 0 Å². The molecule has 2 heterocycles. The predicted octanol–water partition coefficient (Wildman–Crippen LogP) is 2.86. The molecule has 1 atom stereocenters. The zero-order chi connectivity index (χ0) is 28.6. The molecule has 1 saturated heterocycles. The van der Waals surface area contributed by atoms with E-state index in [0.717, 1.165) is 5.56 Å². The lowest BCUT2D eigenvalue weighted by molar-refractivity contribution is -0.148. The number of hydrogen-bond acceptors (Lipinski definition) is 8. The second kappa shape index (κ2) is 12.9. The van der Waals surface area contributed by atoms with E-state index in [9.17, 15) is 19.2 Å². The van der Waals surface area contributed by atoms with Gasteiger partial charge in [-0.05, 0) is 24.6 Å². The van der Waals surface area contributed by atoms with Gasteiger partial charge in [-0.1, -0.05) is 42.5 Å². The van der Waals surface area contributed by atoms with Crippen molar-refractivity contribution in [2.24, 2.45) is 5.73 Å². The molecule has 0 bridgehead atoms. The third kappa shape index (κ3) is 6.31. The first-order chi connectivity index (χ1) is 19.3. The molecule has 1 aliphatic rings. The van der Waals surface area contributed by atoms with E-state index in [0.29, 0.717) is 10.9 Å². The van der Waals surface area contributed by atoms with Gasteiger partial charge in [-0.2, -0.15) is 0 Å². The minimum absolute atomic E-state index is 0.0238. The first-order valence-electron chi connectivity index (χ1n) is 13.0. The summed E-state index contributed by atoms with van der Waals surface area (Å²) in [5.74, 6) is -2.92. The fraction of sp³-hybridized carbons (Fsp3) is 0.345. The van der Waals surface area contributed by atoms with Crippen molar-refractivity contribution >= 4 is 34.8 Å². The maximum absolute atomic E-state index is 14.0. The van der Waals surface area contributed by atoms with E-state index in [1.54, 1.807) is 36.1 Å². The molecule has 11 nitrogen and oxygen atoms in total. The van der Waals surface area contributed by atoms with Gasteiger partial charge in [-0.3, -0.25) is 19.4 Å². The van der Waals surface area contributed by atoms with Crippen molar-refractivity contribution in [2.75, 3.05) is 39.9 Å². The fourth-order valence-electron chi connectivity index (χ4n) is 4.71. The highest BCUT2D eigenvalue weighted by Gasteiger charge is 2.36. The van der Waals surface area contributed by atoms with Crippen LogP contribution in [-0.2, 0) is 25.7 Å². The SMILES string of the molecule is CCOC(=O)N1CCN(C(=O)C(CC(=O)OCc2ccccc2)c2nc3ccccc3c(OC)c2C(N)=O)CC1. The van der Waals surface area contributed by atoms with Crippen LogP contribution < -0.4 is 10.5 Å². The quantitative estimate of drug-likeness (QED) is 0.403. The molecule has 210 valence electrons. The Balaban J connectivity index is 1.68. The summed E-state index contributed by atoms with van der Waals surface area (Å²) in [6.45, 7) is 2.93. The number of hydrogen-bond donors (Lipinski definition) is 1. The Hall–Kier alpha value is -4.67. The molecule has 1 fully saturated rings. The normalized spacial score (nSPS) is 13.9. The van der Waals surface area contributed by atoms with E-state index in [1.165, 1.54) is 12.0 Å². The van der Waals surface area contributed by atoms with Crippen LogP contribution in [0.4, 0.5) is 4.79 Å². The topological polar surface area (TPSA) is 141 Å². The van der Waals surface area contributed by atoms with Crippen LogP contribution in [0.3, 0.4) is 0 Å². The highest BCUT2D eigenvalue weighted by atomic mass is 16.6. The van der Waals surface area contributed by atoms with E-state index in [4.69, 9.17) is 19.9 Å². The van der Waals surface area contributed by atoms with Crippen LogP contribution in [0.1, 0.15) is 40.9 Å². The molecule has 4 rings (SSSR count). The minimum Gasteiger partial charge on any atom is -0.495 e. The third-order valence-corrected chi connectivity index (χ3v) is 6.68. The molecule has 3 aromatic rings. The number of carbonyl (C=O) groups excluding carboxylic acids is 4. The zero-order valence-corrected chi connectivity index (χ0v) is 22.5. The van der Waals surface area contributed by atoms with Crippen LogP contribution in [0.25, 0.3) is 10.9 Å². The number of benzene rings is 2. The lowest BCUT2D eigenvalue weighted by Gasteiger charge is -2.36. The first-order valence-corrected chi connectivity index (χ1v) is 13.0. The van der Waals surface area contributed by atoms with E-state index < -0.39 is 29.8 Å². The Labute approximate surface area is 231 Å². The summed E-state index contributed by atoms with van der Waals surface area (Å²) >= 11 is 0. The number of nitrogens with zero attached hydrogens (tertiary/aromatic N) is 3. The molecule has 1 aliphatic heterocycles. The van der Waals surface area contributed by atoms with Crippen molar-refractivity contribution in [3.63, 3.8) is 0 Å². The molecule has 1 unspecified atom stereocenters. The summed E-state index contributed by atoms with van der Waals surface area (Å²) in [6, 6.07) is 16.1. The van der Waals surface area contributed by atoms with Gasteiger partial charge in [0.25, 0.3) is 5.91 Å². The number of piperazine rings is 1. The van der Waals surface area contributed by atoms with Gasteiger partial charge in [0.2, 0.25) is 5.91 Å². The Kier molecular flexibility index (Phi) is 9.15. The van der Waals surface area contributed by atoms with Gasteiger partial charge in [0.15, 0.2) is 0 Å². The summed E-state index contributed by atoms with van der Waals surface area (Å²) in [4.78, 5) is 59.6. The van der Waals surface area contributed by atoms with E-state index in [1.807, 2.05) is 30.3 Å². The highest BCUT2D eigenvalue weighted by molar-refractivity contribution is 6.05. The van der Waals surface area contributed by atoms with Crippen LogP contribution >= 0.6 is 0 Å². The Morgan fingerprint density at radius 2 is 1.57 bits per heavy atom. The van der Waals surface area contributed by atoms with Gasteiger partial charge >= 0.3 is 12.1 Å². The van der Waals surface area contributed by atoms with Crippen molar-refractivity contribution in [1.29, 1.82) is 0 Å². The average Bonchev–Trinajstić information content (AvgIpc) is 2.98. The predicted molar refractivity (Wildman–Crippen MR) is 146 cm³/mol. The molecule has 40 heavy (non-hydrogen) atoms. The summed E-state index contributed by atoms with van der Waals surface area (Å²) in [7, 11) is 1.40. The second-order valence-corrected chi connectivity index (χ2v) is 9.20. The van der Waals surface area contributed by atoms with Gasteiger partial charge < -0.3 is 29.7 Å². The summed E-state index contributed by atoms with van der Waals surface area (Å²) in [5, 5.41) is 0.545. The van der Waals surface area contributed by atoms with Gasteiger partial charge in [0.1, 0.15) is 17.9 Å². The summed E-state index contributed by atoms with van der Waals surface area (Å²) in [5.41, 5.74) is 7.02. The number of methoxy groups -OCH3 is 1. The largest absolute Gasteiger partial charge is 0.495 e. The molecule has 0 spiro atoms. The number of fused-ring (bicyclic) bond motifs is 1. The highest BCUT2D eigenvalue weighted by Crippen LogP contribution is 2.36. The molecular weight excluding hydrogens is 516 g/mol. The maximum atomic E-state index is 14.0. The number of ether oxygens (including phenoxy) is 3. The van der Waals surface area contributed by atoms with Crippen LogP contribution in [0.5, 0.6) is 5.75 Å². The molecule has 0 radical (unpaired) electrons. The number of rotatable bonds is 9. The van der Waals surface area contributed by atoms with Crippen LogP contribution in [-0.4, -0.2) is 78.6 Å². The smallest absolute Gasteiger partial charge is 0.409 e. The maximum Gasteiger partial charge on any atom is 0.409 e.